The zero-order chi connectivity index (χ0) is 17.5. The van der Waals surface area contributed by atoms with Gasteiger partial charge in [0.1, 0.15) is 12.6 Å². The van der Waals surface area contributed by atoms with E-state index in [9.17, 15) is 14.4 Å². The number of thiocarbonyl (C=S) groups is 1. The first-order valence-electron chi connectivity index (χ1n) is 7.21. The van der Waals surface area contributed by atoms with Crippen LogP contribution < -0.4 is 4.90 Å². The number of anilines is 2. The molecule has 0 radical (unpaired) electrons. The molecule has 0 saturated heterocycles. The van der Waals surface area contributed by atoms with Gasteiger partial charge in [-0.3, -0.25) is 19.3 Å². The zero-order valence-corrected chi connectivity index (χ0v) is 13.8. The fourth-order valence-corrected chi connectivity index (χ4v) is 2.50. The Kier molecular flexibility index (Phi) is 5.92. The van der Waals surface area contributed by atoms with Crippen LogP contribution in [0.4, 0.5) is 11.4 Å². The summed E-state index contributed by atoms with van der Waals surface area (Å²) in [4.78, 5) is 34.8. The lowest BCUT2D eigenvalue weighted by Crippen LogP contribution is -2.27. The first-order valence-corrected chi connectivity index (χ1v) is 7.62. The SMILES string of the molecule is CCOC(=S)N(c1ccc(C=O)cc1)c1ccc(C=O)cc1C=O. The Morgan fingerprint density at radius 3 is 2.17 bits per heavy atom. The minimum atomic E-state index is 0.165. The predicted molar refractivity (Wildman–Crippen MR) is 95.4 cm³/mol. The van der Waals surface area contributed by atoms with E-state index in [1.54, 1.807) is 48.2 Å². The van der Waals surface area contributed by atoms with Gasteiger partial charge in [-0.05, 0) is 61.6 Å². The van der Waals surface area contributed by atoms with Gasteiger partial charge in [0.15, 0.2) is 6.29 Å². The van der Waals surface area contributed by atoms with Gasteiger partial charge in [0.2, 0.25) is 0 Å². The Hall–Kier alpha value is -2.86. The van der Waals surface area contributed by atoms with E-state index in [0.29, 0.717) is 47.2 Å². The molecule has 2 rings (SSSR count). The fraction of sp³-hybridized carbons (Fsp3) is 0.111. The molecule has 24 heavy (non-hydrogen) atoms. The summed E-state index contributed by atoms with van der Waals surface area (Å²) in [6.45, 7) is 2.17. The zero-order valence-electron chi connectivity index (χ0n) is 13.0. The average molecular weight is 341 g/mol. The van der Waals surface area contributed by atoms with Crippen LogP contribution >= 0.6 is 12.2 Å². The van der Waals surface area contributed by atoms with Crippen LogP contribution in [-0.4, -0.2) is 30.6 Å². The number of benzene rings is 2. The first-order chi connectivity index (χ1) is 11.6. The van der Waals surface area contributed by atoms with E-state index in [4.69, 9.17) is 17.0 Å². The van der Waals surface area contributed by atoms with Crippen LogP contribution in [0.2, 0.25) is 0 Å². The van der Waals surface area contributed by atoms with E-state index in [2.05, 4.69) is 0 Å². The lowest BCUT2D eigenvalue weighted by atomic mass is 10.1. The second-order valence-electron chi connectivity index (χ2n) is 4.80. The molecule has 0 N–H and O–H groups in total. The number of carbonyl (C=O) groups excluding carboxylic acids is 3. The molecule has 122 valence electrons. The van der Waals surface area contributed by atoms with Gasteiger partial charge >= 0.3 is 0 Å². The van der Waals surface area contributed by atoms with Crippen molar-refractivity contribution >= 4 is 47.6 Å². The molecule has 0 amide bonds. The first kappa shape index (κ1) is 17.5. The smallest absolute Gasteiger partial charge is 0.268 e. The van der Waals surface area contributed by atoms with Crippen molar-refractivity contribution in [1.82, 2.24) is 0 Å². The van der Waals surface area contributed by atoms with Crippen molar-refractivity contribution in [3.8, 4) is 0 Å². The van der Waals surface area contributed by atoms with Gasteiger partial charge in [0.25, 0.3) is 5.17 Å². The molecule has 0 aliphatic rings. The summed E-state index contributed by atoms with van der Waals surface area (Å²) in [6.07, 6.45) is 2.06. The molecule has 0 heterocycles. The Balaban J connectivity index is 2.57. The molecule has 0 bridgehead atoms. The Labute approximate surface area is 144 Å². The second-order valence-corrected chi connectivity index (χ2v) is 5.15. The van der Waals surface area contributed by atoms with Gasteiger partial charge in [-0.25, -0.2) is 0 Å². The van der Waals surface area contributed by atoms with Crippen molar-refractivity contribution < 1.29 is 19.1 Å². The van der Waals surface area contributed by atoms with Crippen molar-refractivity contribution in [2.45, 2.75) is 6.92 Å². The minimum Gasteiger partial charge on any atom is -0.471 e. The van der Waals surface area contributed by atoms with Crippen LogP contribution in [0.25, 0.3) is 0 Å². The molecule has 6 heteroatoms. The molecule has 0 spiro atoms. The summed E-state index contributed by atoms with van der Waals surface area (Å²) in [7, 11) is 0. The van der Waals surface area contributed by atoms with Crippen LogP contribution in [0.5, 0.6) is 0 Å². The average Bonchev–Trinajstić information content (AvgIpc) is 2.63. The summed E-state index contributed by atoms with van der Waals surface area (Å²) in [5.74, 6) is 0. The molecule has 2 aromatic carbocycles. The Bertz CT molecular complexity index is 771. The van der Waals surface area contributed by atoms with Gasteiger partial charge in [-0.15, -0.1) is 0 Å². The van der Waals surface area contributed by atoms with Crippen LogP contribution in [-0.2, 0) is 4.74 Å². The molecule has 0 unspecified atom stereocenters. The van der Waals surface area contributed by atoms with E-state index in [0.717, 1.165) is 6.29 Å². The van der Waals surface area contributed by atoms with Gasteiger partial charge in [-0.1, -0.05) is 0 Å². The highest BCUT2D eigenvalue weighted by atomic mass is 32.1. The number of nitrogens with zero attached hydrogens (tertiary/aromatic N) is 1. The maximum absolute atomic E-state index is 11.4. The van der Waals surface area contributed by atoms with E-state index in [-0.39, 0.29) is 5.17 Å². The lowest BCUT2D eigenvalue weighted by Gasteiger charge is -2.26. The number of aldehydes is 3. The third-order valence-electron chi connectivity index (χ3n) is 3.29. The normalized spacial score (nSPS) is 9.88. The summed E-state index contributed by atoms with van der Waals surface area (Å²) in [6, 6.07) is 11.4. The number of hydrogen-bond acceptors (Lipinski definition) is 5. The highest BCUT2D eigenvalue weighted by molar-refractivity contribution is 7.80. The molecule has 0 aliphatic carbocycles. The van der Waals surface area contributed by atoms with Gasteiger partial charge in [0, 0.05) is 22.4 Å². The number of carbonyl (C=O) groups is 3. The largest absolute Gasteiger partial charge is 0.471 e. The molecule has 0 aliphatic heterocycles. The topological polar surface area (TPSA) is 63.7 Å². The van der Waals surface area contributed by atoms with Crippen LogP contribution in [0.1, 0.15) is 38.0 Å². The molecule has 0 saturated carbocycles. The number of ether oxygens (including phenoxy) is 1. The highest BCUT2D eigenvalue weighted by Crippen LogP contribution is 2.30. The third-order valence-corrected chi connectivity index (χ3v) is 3.59. The fourth-order valence-electron chi connectivity index (χ4n) is 2.18. The van der Waals surface area contributed by atoms with Crippen molar-refractivity contribution in [2.24, 2.45) is 0 Å². The standard InChI is InChI=1S/C18H15NO4S/c1-2-23-18(24)19(16-6-3-13(10-20)4-7-16)17-8-5-14(11-21)9-15(17)12-22/h3-12H,2H2,1H3. The molecule has 2 aromatic rings. The summed E-state index contributed by atoms with van der Waals surface area (Å²) in [5.41, 5.74) is 2.35. The van der Waals surface area contributed by atoms with Gasteiger partial charge < -0.3 is 4.74 Å². The Morgan fingerprint density at radius 1 is 1.00 bits per heavy atom. The van der Waals surface area contributed by atoms with Crippen molar-refractivity contribution in [3.63, 3.8) is 0 Å². The second kappa shape index (κ2) is 8.12. The lowest BCUT2D eigenvalue weighted by molar-refractivity contribution is 0.111. The van der Waals surface area contributed by atoms with Crippen LogP contribution in [0, 0.1) is 0 Å². The maximum Gasteiger partial charge on any atom is 0.268 e. The summed E-state index contributed by atoms with van der Waals surface area (Å²) < 4.78 is 5.43. The molecule has 0 aromatic heterocycles. The van der Waals surface area contributed by atoms with Gasteiger partial charge in [0.05, 0.1) is 12.3 Å². The van der Waals surface area contributed by atoms with Crippen LogP contribution in [0.3, 0.4) is 0 Å². The van der Waals surface area contributed by atoms with E-state index in [1.807, 2.05) is 0 Å². The van der Waals surface area contributed by atoms with Crippen molar-refractivity contribution in [3.05, 3.63) is 59.2 Å². The molecular weight excluding hydrogens is 326 g/mol. The van der Waals surface area contributed by atoms with E-state index in [1.165, 1.54) is 6.07 Å². The molecule has 0 fully saturated rings. The highest BCUT2D eigenvalue weighted by Gasteiger charge is 2.19. The number of hydrogen-bond donors (Lipinski definition) is 0. The maximum atomic E-state index is 11.4. The van der Waals surface area contributed by atoms with Gasteiger partial charge in [-0.2, -0.15) is 0 Å². The summed E-state index contributed by atoms with van der Waals surface area (Å²) in [5, 5.41) is 0.165. The third kappa shape index (κ3) is 3.72. The van der Waals surface area contributed by atoms with Crippen molar-refractivity contribution in [2.75, 3.05) is 11.5 Å². The monoisotopic (exact) mass is 341 g/mol. The van der Waals surface area contributed by atoms with E-state index < -0.39 is 0 Å². The minimum absolute atomic E-state index is 0.165. The van der Waals surface area contributed by atoms with E-state index >= 15 is 0 Å². The Morgan fingerprint density at radius 2 is 1.62 bits per heavy atom. The molecule has 5 nitrogen and oxygen atoms in total. The van der Waals surface area contributed by atoms with Crippen molar-refractivity contribution in [1.29, 1.82) is 0 Å². The molecule has 0 atom stereocenters. The predicted octanol–water partition coefficient (Wildman–Crippen LogP) is 3.58. The summed E-state index contributed by atoms with van der Waals surface area (Å²) >= 11 is 5.32. The number of rotatable bonds is 6. The van der Waals surface area contributed by atoms with Crippen LogP contribution in [0.15, 0.2) is 42.5 Å². The quantitative estimate of drug-likeness (QED) is 0.591. The molecular formula is C18H15NO4S.